The number of methoxy groups -OCH3 is 1. The van der Waals surface area contributed by atoms with E-state index in [1.165, 1.54) is 18.3 Å². The van der Waals surface area contributed by atoms with E-state index in [1.807, 2.05) is 0 Å². The molecule has 1 aromatic carbocycles. The van der Waals surface area contributed by atoms with Gasteiger partial charge in [0.05, 0.1) is 7.11 Å². The third kappa shape index (κ3) is 2.75. The fourth-order valence-corrected chi connectivity index (χ4v) is 1.48. The smallest absolute Gasteiger partial charge is 0.255 e. The van der Waals surface area contributed by atoms with Gasteiger partial charge in [-0.3, -0.25) is 0 Å². The first-order chi connectivity index (χ1) is 8.72. The first kappa shape index (κ1) is 12.3. The highest BCUT2D eigenvalue weighted by molar-refractivity contribution is 5.40. The van der Waals surface area contributed by atoms with Gasteiger partial charge in [-0.1, -0.05) is 0 Å². The van der Waals surface area contributed by atoms with Gasteiger partial charge in [0.25, 0.3) is 5.88 Å². The largest absolute Gasteiger partial charge is 0.497 e. The third-order valence-electron chi connectivity index (χ3n) is 2.35. The van der Waals surface area contributed by atoms with Crippen LogP contribution in [0.5, 0.6) is 17.4 Å². The zero-order valence-electron chi connectivity index (χ0n) is 9.89. The van der Waals surface area contributed by atoms with Crippen molar-refractivity contribution in [1.82, 2.24) is 4.98 Å². The molecule has 1 heterocycles. The van der Waals surface area contributed by atoms with E-state index in [2.05, 4.69) is 4.98 Å². The minimum absolute atomic E-state index is 0.0753. The van der Waals surface area contributed by atoms with E-state index in [4.69, 9.17) is 15.2 Å². The minimum Gasteiger partial charge on any atom is -0.497 e. The van der Waals surface area contributed by atoms with Gasteiger partial charge in [0.2, 0.25) is 0 Å². The third-order valence-corrected chi connectivity index (χ3v) is 2.35. The predicted molar refractivity (Wildman–Crippen MR) is 65.2 cm³/mol. The molecule has 0 saturated carbocycles. The molecule has 5 heteroatoms. The molecule has 2 N–H and O–H groups in total. The van der Waals surface area contributed by atoms with Gasteiger partial charge in [-0.15, -0.1) is 0 Å². The summed E-state index contributed by atoms with van der Waals surface area (Å²) in [6.45, 7) is 0.345. The van der Waals surface area contributed by atoms with Crippen LogP contribution in [0.2, 0.25) is 0 Å². The summed E-state index contributed by atoms with van der Waals surface area (Å²) in [6, 6.07) is 7.94. The summed E-state index contributed by atoms with van der Waals surface area (Å²) in [4.78, 5) is 3.82. The number of ether oxygens (including phenoxy) is 2. The summed E-state index contributed by atoms with van der Waals surface area (Å²) >= 11 is 0. The Kier molecular flexibility index (Phi) is 3.74. The standard InChI is InChI=1S/C13H13FN2O2/c1-17-10-5-9(8-15)6-11(7-10)18-13-12(14)3-2-4-16-13/h2-7H,8,15H2,1H3. The topological polar surface area (TPSA) is 57.4 Å². The molecule has 0 unspecified atom stereocenters. The Balaban J connectivity index is 2.31. The Bertz CT molecular complexity index is 524. The van der Waals surface area contributed by atoms with Crippen molar-refractivity contribution >= 4 is 0 Å². The van der Waals surface area contributed by atoms with Crippen LogP contribution in [0.4, 0.5) is 4.39 Å². The van der Waals surface area contributed by atoms with E-state index >= 15 is 0 Å². The van der Waals surface area contributed by atoms with Gasteiger partial charge in [-0.2, -0.15) is 0 Å². The Labute approximate surface area is 104 Å². The maximum absolute atomic E-state index is 13.4. The molecule has 0 aliphatic rings. The van der Waals surface area contributed by atoms with Crippen LogP contribution in [-0.4, -0.2) is 12.1 Å². The second-order valence-electron chi connectivity index (χ2n) is 3.61. The monoisotopic (exact) mass is 248 g/mol. The van der Waals surface area contributed by atoms with Crippen LogP contribution in [-0.2, 0) is 6.54 Å². The first-order valence-electron chi connectivity index (χ1n) is 5.39. The average molecular weight is 248 g/mol. The Hall–Kier alpha value is -2.14. The molecule has 0 atom stereocenters. The number of hydrogen-bond acceptors (Lipinski definition) is 4. The van der Waals surface area contributed by atoms with Crippen LogP contribution in [0.25, 0.3) is 0 Å². The van der Waals surface area contributed by atoms with Crippen molar-refractivity contribution in [3.63, 3.8) is 0 Å². The molecular weight excluding hydrogens is 235 g/mol. The summed E-state index contributed by atoms with van der Waals surface area (Å²) in [6.07, 6.45) is 1.46. The summed E-state index contributed by atoms with van der Waals surface area (Å²) in [7, 11) is 1.54. The number of nitrogens with zero attached hydrogens (tertiary/aromatic N) is 1. The summed E-state index contributed by atoms with van der Waals surface area (Å²) < 4.78 is 23.9. The van der Waals surface area contributed by atoms with E-state index in [0.29, 0.717) is 18.0 Å². The second-order valence-corrected chi connectivity index (χ2v) is 3.61. The lowest BCUT2D eigenvalue weighted by Gasteiger charge is -2.09. The number of hydrogen-bond donors (Lipinski definition) is 1. The highest BCUT2D eigenvalue weighted by atomic mass is 19.1. The van der Waals surface area contributed by atoms with Crippen molar-refractivity contribution in [1.29, 1.82) is 0 Å². The van der Waals surface area contributed by atoms with Gasteiger partial charge in [0.1, 0.15) is 11.5 Å². The van der Waals surface area contributed by atoms with Crippen molar-refractivity contribution in [3.8, 4) is 17.4 Å². The van der Waals surface area contributed by atoms with Crippen LogP contribution in [0.1, 0.15) is 5.56 Å². The quantitative estimate of drug-likeness (QED) is 0.903. The molecule has 94 valence electrons. The van der Waals surface area contributed by atoms with Gasteiger partial charge in [0, 0.05) is 18.8 Å². The zero-order chi connectivity index (χ0) is 13.0. The lowest BCUT2D eigenvalue weighted by Crippen LogP contribution is -1.98. The number of aromatic nitrogens is 1. The Morgan fingerprint density at radius 3 is 2.72 bits per heavy atom. The number of nitrogens with two attached hydrogens (primary N) is 1. The van der Waals surface area contributed by atoms with E-state index in [9.17, 15) is 4.39 Å². The van der Waals surface area contributed by atoms with Crippen LogP contribution in [0.15, 0.2) is 36.5 Å². The molecule has 0 amide bonds. The van der Waals surface area contributed by atoms with E-state index in [0.717, 1.165) is 5.56 Å². The molecule has 0 fully saturated rings. The molecule has 0 aliphatic heterocycles. The van der Waals surface area contributed by atoms with Gasteiger partial charge in [0.15, 0.2) is 5.82 Å². The zero-order valence-corrected chi connectivity index (χ0v) is 9.89. The summed E-state index contributed by atoms with van der Waals surface area (Å²) in [5.74, 6) is 0.444. The van der Waals surface area contributed by atoms with E-state index in [1.54, 1.807) is 25.3 Å². The maximum atomic E-state index is 13.4. The van der Waals surface area contributed by atoms with Crippen molar-refractivity contribution in [3.05, 3.63) is 47.9 Å². The molecule has 2 rings (SSSR count). The van der Waals surface area contributed by atoms with Gasteiger partial charge in [-0.05, 0) is 29.8 Å². The fraction of sp³-hybridized carbons (Fsp3) is 0.154. The number of rotatable bonds is 4. The molecular formula is C13H13FN2O2. The Morgan fingerprint density at radius 2 is 2.06 bits per heavy atom. The molecule has 0 saturated heterocycles. The van der Waals surface area contributed by atoms with Crippen molar-refractivity contribution in [2.24, 2.45) is 5.73 Å². The number of benzene rings is 1. The second kappa shape index (κ2) is 5.46. The lowest BCUT2D eigenvalue weighted by molar-refractivity contribution is 0.399. The van der Waals surface area contributed by atoms with Crippen molar-refractivity contribution in [2.45, 2.75) is 6.54 Å². The molecule has 0 bridgehead atoms. The molecule has 0 aliphatic carbocycles. The molecule has 2 aromatic rings. The van der Waals surface area contributed by atoms with Crippen LogP contribution in [0, 0.1) is 5.82 Å². The predicted octanol–water partition coefficient (Wildman–Crippen LogP) is 2.48. The summed E-state index contributed by atoms with van der Waals surface area (Å²) in [5, 5.41) is 0. The first-order valence-corrected chi connectivity index (χ1v) is 5.39. The normalized spacial score (nSPS) is 10.2. The van der Waals surface area contributed by atoms with E-state index in [-0.39, 0.29) is 5.88 Å². The molecule has 0 spiro atoms. The summed E-state index contributed by atoms with van der Waals surface area (Å²) in [5.41, 5.74) is 6.40. The van der Waals surface area contributed by atoms with Crippen molar-refractivity contribution < 1.29 is 13.9 Å². The minimum atomic E-state index is -0.519. The SMILES string of the molecule is COc1cc(CN)cc(Oc2ncccc2F)c1. The van der Waals surface area contributed by atoms with Gasteiger partial charge >= 0.3 is 0 Å². The van der Waals surface area contributed by atoms with Gasteiger partial charge in [-0.25, -0.2) is 9.37 Å². The molecule has 1 aromatic heterocycles. The highest BCUT2D eigenvalue weighted by Gasteiger charge is 2.07. The van der Waals surface area contributed by atoms with Gasteiger partial charge < -0.3 is 15.2 Å². The van der Waals surface area contributed by atoms with Crippen LogP contribution in [0.3, 0.4) is 0 Å². The number of halogens is 1. The Morgan fingerprint density at radius 1 is 1.28 bits per heavy atom. The molecule has 18 heavy (non-hydrogen) atoms. The maximum Gasteiger partial charge on any atom is 0.255 e. The average Bonchev–Trinajstić information content (AvgIpc) is 2.41. The van der Waals surface area contributed by atoms with E-state index < -0.39 is 5.82 Å². The molecule has 0 radical (unpaired) electrons. The molecule has 4 nitrogen and oxygen atoms in total. The van der Waals surface area contributed by atoms with Crippen LogP contribution < -0.4 is 15.2 Å². The lowest BCUT2D eigenvalue weighted by atomic mass is 10.2. The van der Waals surface area contributed by atoms with Crippen molar-refractivity contribution in [2.75, 3.05) is 7.11 Å². The number of pyridine rings is 1. The highest BCUT2D eigenvalue weighted by Crippen LogP contribution is 2.27. The fourth-order valence-electron chi connectivity index (χ4n) is 1.48. The van der Waals surface area contributed by atoms with Crippen LogP contribution >= 0.6 is 0 Å².